The molecule has 270 valence electrons. The molecular formula is C55H38FN. The lowest BCUT2D eigenvalue weighted by atomic mass is 9.67. The maximum absolute atomic E-state index is 17.6. The van der Waals surface area contributed by atoms with E-state index in [9.17, 15) is 0 Å². The fraction of sp³-hybridized carbons (Fsp3) is 0.0182. The van der Waals surface area contributed by atoms with Gasteiger partial charge in [-0.15, -0.1) is 0 Å². The Labute approximate surface area is 333 Å². The molecule has 0 heterocycles. The molecule has 0 saturated carbocycles. The van der Waals surface area contributed by atoms with Crippen molar-refractivity contribution < 1.29 is 4.39 Å². The molecule has 0 spiro atoms. The third-order valence-electron chi connectivity index (χ3n) is 11.4. The molecule has 1 aliphatic carbocycles. The van der Waals surface area contributed by atoms with Crippen LogP contribution in [0.5, 0.6) is 0 Å². The molecule has 0 bridgehead atoms. The first-order valence-corrected chi connectivity index (χ1v) is 19.5. The topological polar surface area (TPSA) is 3.24 Å². The van der Waals surface area contributed by atoms with Crippen LogP contribution in [0.2, 0.25) is 0 Å². The minimum atomic E-state index is -0.606. The average molecular weight is 732 g/mol. The van der Waals surface area contributed by atoms with Crippen molar-refractivity contribution in [1.82, 2.24) is 0 Å². The van der Waals surface area contributed by atoms with Crippen LogP contribution in [0.25, 0.3) is 44.5 Å². The number of hydrogen-bond donors (Lipinski definition) is 0. The van der Waals surface area contributed by atoms with Gasteiger partial charge in [0.1, 0.15) is 5.82 Å². The summed E-state index contributed by atoms with van der Waals surface area (Å²) in [4.78, 5) is 2.12. The first-order chi connectivity index (χ1) is 28.2. The lowest BCUT2D eigenvalue weighted by Gasteiger charge is -2.35. The number of benzene rings is 9. The van der Waals surface area contributed by atoms with Crippen molar-refractivity contribution in [2.75, 3.05) is 4.90 Å². The van der Waals surface area contributed by atoms with Crippen LogP contribution in [-0.2, 0) is 5.41 Å². The van der Waals surface area contributed by atoms with Crippen LogP contribution in [0.1, 0.15) is 22.3 Å². The Morgan fingerprint density at radius 1 is 0.316 bits per heavy atom. The number of anilines is 3. The predicted octanol–water partition coefficient (Wildman–Crippen LogP) is 14.7. The zero-order valence-electron chi connectivity index (χ0n) is 31.3. The van der Waals surface area contributed by atoms with Crippen LogP contribution in [-0.4, -0.2) is 0 Å². The highest BCUT2D eigenvalue weighted by molar-refractivity contribution is 5.94. The maximum atomic E-state index is 17.6. The van der Waals surface area contributed by atoms with Gasteiger partial charge >= 0.3 is 0 Å². The molecule has 9 aromatic rings. The van der Waals surface area contributed by atoms with Crippen molar-refractivity contribution in [3.8, 4) is 44.5 Å². The van der Waals surface area contributed by atoms with Crippen molar-refractivity contribution >= 4 is 17.1 Å². The Morgan fingerprint density at radius 3 is 1.37 bits per heavy atom. The summed E-state index contributed by atoms with van der Waals surface area (Å²) in [7, 11) is 0. The van der Waals surface area contributed by atoms with Gasteiger partial charge in [-0.25, -0.2) is 4.39 Å². The minimum absolute atomic E-state index is 0.302. The first kappa shape index (κ1) is 34.2. The van der Waals surface area contributed by atoms with Crippen LogP contribution in [0, 0.1) is 5.82 Å². The Morgan fingerprint density at radius 2 is 0.772 bits per heavy atom. The highest BCUT2D eigenvalue weighted by atomic mass is 19.1. The minimum Gasteiger partial charge on any atom is -0.307 e. The van der Waals surface area contributed by atoms with Gasteiger partial charge in [0.15, 0.2) is 0 Å². The highest BCUT2D eigenvalue weighted by Gasteiger charge is 2.46. The van der Waals surface area contributed by atoms with E-state index in [-0.39, 0.29) is 5.82 Å². The molecule has 0 N–H and O–H groups in total. The number of halogens is 1. The zero-order valence-corrected chi connectivity index (χ0v) is 31.3. The van der Waals surface area contributed by atoms with Gasteiger partial charge < -0.3 is 4.90 Å². The summed E-state index contributed by atoms with van der Waals surface area (Å²) in [6.45, 7) is 0. The second kappa shape index (κ2) is 14.4. The molecular weight excluding hydrogens is 694 g/mol. The molecule has 0 aliphatic heterocycles. The lowest BCUT2D eigenvalue weighted by Crippen LogP contribution is -2.28. The molecule has 0 amide bonds. The molecule has 0 fully saturated rings. The van der Waals surface area contributed by atoms with Gasteiger partial charge in [-0.05, 0) is 97.6 Å². The molecule has 10 rings (SSSR count). The van der Waals surface area contributed by atoms with E-state index in [4.69, 9.17) is 0 Å². The quantitative estimate of drug-likeness (QED) is 0.150. The van der Waals surface area contributed by atoms with Crippen LogP contribution in [0.3, 0.4) is 0 Å². The second-order valence-electron chi connectivity index (χ2n) is 14.6. The Hall–Kier alpha value is -7.29. The number of rotatable bonds is 8. The predicted molar refractivity (Wildman–Crippen MR) is 235 cm³/mol. The third-order valence-corrected chi connectivity index (χ3v) is 11.4. The van der Waals surface area contributed by atoms with Gasteiger partial charge in [-0.1, -0.05) is 194 Å². The monoisotopic (exact) mass is 731 g/mol. The van der Waals surface area contributed by atoms with E-state index in [1.54, 1.807) is 6.07 Å². The molecule has 1 aliphatic rings. The molecule has 57 heavy (non-hydrogen) atoms. The second-order valence-corrected chi connectivity index (χ2v) is 14.6. The molecule has 0 aromatic heterocycles. The first-order valence-electron chi connectivity index (χ1n) is 19.5. The highest BCUT2D eigenvalue weighted by Crippen LogP contribution is 2.57. The van der Waals surface area contributed by atoms with E-state index in [2.05, 4.69) is 175 Å². The molecule has 1 nitrogen and oxygen atoms in total. The van der Waals surface area contributed by atoms with Crippen LogP contribution in [0.4, 0.5) is 21.5 Å². The van der Waals surface area contributed by atoms with E-state index in [1.165, 1.54) is 27.8 Å². The fourth-order valence-corrected chi connectivity index (χ4v) is 8.87. The number of fused-ring (bicyclic) bond motifs is 3. The summed E-state index contributed by atoms with van der Waals surface area (Å²) >= 11 is 0. The summed E-state index contributed by atoms with van der Waals surface area (Å²) in [6, 6.07) is 80.0. The molecule has 2 heteroatoms. The van der Waals surface area contributed by atoms with E-state index in [0.717, 1.165) is 50.3 Å². The molecule has 0 unspecified atom stereocenters. The summed E-state index contributed by atoms with van der Waals surface area (Å²) < 4.78 is 17.6. The van der Waals surface area contributed by atoms with E-state index in [1.807, 2.05) is 54.6 Å². The smallest absolute Gasteiger partial charge is 0.148 e. The van der Waals surface area contributed by atoms with Gasteiger partial charge in [0.25, 0.3) is 0 Å². The summed E-state index contributed by atoms with van der Waals surface area (Å²) in [6.07, 6.45) is 0. The summed E-state index contributed by atoms with van der Waals surface area (Å²) in [5.41, 5.74) is 14.5. The van der Waals surface area contributed by atoms with Gasteiger partial charge in [-0.2, -0.15) is 0 Å². The molecule has 0 saturated heterocycles. The van der Waals surface area contributed by atoms with Crippen LogP contribution >= 0.6 is 0 Å². The van der Waals surface area contributed by atoms with E-state index in [0.29, 0.717) is 5.69 Å². The van der Waals surface area contributed by atoms with Crippen molar-refractivity contribution in [2.24, 2.45) is 0 Å². The standard InChI is InChI=1S/C55H38FN/c56-53-37-43(40-20-8-2-9-21-40)36-50(42-22-10-3-11-23-42)54(53)57(46-32-30-41(31-33-46)39-18-6-1-7-19-39)47-34-35-49-48-28-16-17-29-51(48)55(52(49)38-47,44-24-12-4-13-25-44)45-26-14-5-15-27-45/h1-38H. The summed E-state index contributed by atoms with van der Waals surface area (Å²) in [5.74, 6) is -0.302. The van der Waals surface area contributed by atoms with Crippen molar-refractivity contribution in [3.63, 3.8) is 0 Å². The third kappa shape index (κ3) is 5.86. The van der Waals surface area contributed by atoms with Gasteiger partial charge in [0.05, 0.1) is 11.1 Å². The van der Waals surface area contributed by atoms with Crippen molar-refractivity contribution in [2.45, 2.75) is 5.41 Å². The number of hydrogen-bond acceptors (Lipinski definition) is 1. The van der Waals surface area contributed by atoms with Gasteiger partial charge in [0.2, 0.25) is 0 Å². The normalized spacial score (nSPS) is 12.4. The van der Waals surface area contributed by atoms with Gasteiger partial charge in [0, 0.05) is 16.9 Å². The fourth-order valence-electron chi connectivity index (χ4n) is 8.87. The Kier molecular flexibility index (Phi) is 8.65. The lowest BCUT2D eigenvalue weighted by molar-refractivity contribution is 0.629. The van der Waals surface area contributed by atoms with E-state index >= 15 is 4.39 Å². The molecule has 0 radical (unpaired) electrons. The average Bonchev–Trinajstić information content (AvgIpc) is 3.59. The van der Waals surface area contributed by atoms with Crippen molar-refractivity contribution in [1.29, 1.82) is 0 Å². The molecule has 0 atom stereocenters. The molecule has 9 aromatic carbocycles. The van der Waals surface area contributed by atoms with E-state index < -0.39 is 5.41 Å². The zero-order chi connectivity index (χ0) is 38.2. The summed E-state index contributed by atoms with van der Waals surface area (Å²) in [5, 5.41) is 0. The SMILES string of the molecule is Fc1cc(-c2ccccc2)cc(-c2ccccc2)c1N(c1ccc(-c2ccccc2)cc1)c1ccc2c(c1)C(c1ccccc1)(c1ccccc1)c1ccccc1-2. The van der Waals surface area contributed by atoms with Gasteiger partial charge in [-0.3, -0.25) is 0 Å². The largest absolute Gasteiger partial charge is 0.307 e. The maximum Gasteiger partial charge on any atom is 0.148 e. The Bertz CT molecular complexity index is 2780. The van der Waals surface area contributed by atoms with Crippen LogP contribution in [0.15, 0.2) is 231 Å². The van der Waals surface area contributed by atoms with Crippen molar-refractivity contribution in [3.05, 3.63) is 259 Å². The Balaban J connectivity index is 1.26. The number of nitrogens with zero attached hydrogens (tertiary/aromatic N) is 1. The van der Waals surface area contributed by atoms with Crippen LogP contribution < -0.4 is 4.90 Å².